The summed E-state index contributed by atoms with van der Waals surface area (Å²) in [5.74, 6) is -0.403. The molecule has 11 heteroatoms. The quantitative estimate of drug-likeness (QED) is 0.253. The van der Waals surface area contributed by atoms with Crippen LogP contribution in [0, 0.1) is 0 Å². The number of allylic oxidation sites excluding steroid dienone is 1. The lowest BCUT2D eigenvalue weighted by atomic mass is 10.1. The lowest BCUT2D eigenvalue weighted by molar-refractivity contribution is -0.138. The molecule has 2 aromatic carbocycles. The van der Waals surface area contributed by atoms with Crippen LogP contribution in [0.4, 0.5) is 5.69 Å². The van der Waals surface area contributed by atoms with E-state index in [1.807, 2.05) is 0 Å². The first-order valence-corrected chi connectivity index (χ1v) is 14.2. The number of amides is 1. The summed E-state index contributed by atoms with van der Waals surface area (Å²) in [4.78, 5) is 27.8. The molecule has 8 nitrogen and oxygen atoms in total. The Balaban J connectivity index is 1.60. The minimum absolute atomic E-state index is 0.0971. The van der Waals surface area contributed by atoms with E-state index in [0.29, 0.717) is 17.1 Å². The molecule has 0 radical (unpaired) electrons. The average Bonchev–Trinajstić information content (AvgIpc) is 3.41. The van der Waals surface area contributed by atoms with Crippen LogP contribution in [0.1, 0.15) is 25.4 Å². The molecule has 0 spiro atoms. The smallest absolute Gasteiger partial charge is 0.340 e. The molecule has 3 aromatic rings. The molecule has 37 heavy (non-hydrogen) atoms. The van der Waals surface area contributed by atoms with E-state index in [0.717, 1.165) is 8.95 Å². The monoisotopic (exact) mass is 648 g/mol. The number of rotatable bonds is 8. The van der Waals surface area contributed by atoms with E-state index < -0.39 is 21.9 Å². The highest BCUT2D eigenvalue weighted by molar-refractivity contribution is 9.10. The zero-order valence-electron chi connectivity index (χ0n) is 19.8. The van der Waals surface area contributed by atoms with E-state index in [2.05, 4.69) is 36.6 Å². The number of sulfonamides is 1. The molecule has 1 aliphatic heterocycles. The molecule has 0 saturated carbocycles. The van der Waals surface area contributed by atoms with Crippen molar-refractivity contribution in [3.05, 3.63) is 98.0 Å². The van der Waals surface area contributed by atoms with E-state index in [9.17, 15) is 18.0 Å². The molecule has 1 amide bonds. The van der Waals surface area contributed by atoms with Gasteiger partial charge in [-0.15, -0.1) is 0 Å². The summed E-state index contributed by atoms with van der Waals surface area (Å²) >= 11 is 6.66. The zero-order chi connectivity index (χ0) is 26.7. The molecule has 0 unspecified atom stereocenters. The minimum Gasteiger partial charge on any atom is -0.462 e. The van der Waals surface area contributed by atoms with Crippen LogP contribution in [0.15, 0.2) is 95.8 Å². The Hall–Kier alpha value is -2.99. The first-order chi connectivity index (χ1) is 17.6. The molecule has 1 aliphatic rings. The lowest BCUT2D eigenvalue weighted by Crippen LogP contribution is -2.24. The predicted octanol–water partition coefficient (Wildman–Crippen LogP) is 5.55. The summed E-state index contributed by atoms with van der Waals surface area (Å²) in [5, 5.41) is 0. The Bertz CT molecular complexity index is 1510. The fraction of sp³-hybridized carbons (Fsp3) is 0.154. The Labute approximate surface area is 231 Å². The normalized spacial score (nSPS) is 15.1. The van der Waals surface area contributed by atoms with E-state index in [1.54, 1.807) is 62.4 Å². The lowest BCUT2D eigenvalue weighted by Gasteiger charge is -2.17. The third kappa shape index (κ3) is 5.96. The highest BCUT2D eigenvalue weighted by Gasteiger charge is 2.38. The van der Waals surface area contributed by atoms with Gasteiger partial charge < -0.3 is 9.15 Å². The molecular weight excluding hydrogens is 628 g/mol. The molecule has 2 heterocycles. The number of benzene rings is 2. The van der Waals surface area contributed by atoms with Crippen LogP contribution in [0.3, 0.4) is 0 Å². The second-order valence-electron chi connectivity index (χ2n) is 7.94. The number of hydrogen-bond donors (Lipinski definition) is 1. The Morgan fingerprint density at radius 1 is 1.03 bits per heavy atom. The second-order valence-corrected chi connectivity index (χ2v) is 11.5. The van der Waals surface area contributed by atoms with Crippen LogP contribution in [-0.2, 0) is 30.9 Å². The SMILES string of the molecule is CCOC(=O)C1=C(C)N(c2ccc(Br)cc2)C(=O)C1=Cc1ccc(CNS(=O)(=O)c2ccc(Br)cc2)o1. The highest BCUT2D eigenvalue weighted by Crippen LogP contribution is 2.36. The van der Waals surface area contributed by atoms with Gasteiger partial charge in [0.1, 0.15) is 11.5 Å². The van der Waals surface area contributed by atoms with Gasteiger partial charge >= 0.3 is 5.97 Å². The van der Waals surface area contributed by atoms with Crippen LogP contribution in [0.5, 0.6) is 0 Å². The van der Waals surface area contributed by atoms with Gasteiger partial charge in [0, 0.05) is 20.3 Å². The van der Waals surface area contributed by atoms with Crippen molar-refractivity contribution in [2.75, 3.05) is 11.5 Å². The molecule has 0 saturated heterocycles. The predicted molar refractivity (Wildman–Crippen MR) is 146 cm³/mol. The summed E-state index contributed by atoms with van der Waals surface area (Å²) in [5.41, 5.74) is 1.29. The number of furan rings is 1. The van der Waals surface area contributed by atoms with Gasteiger partial charge in [0.15, 0.2) is 0 Å². The summed E-state index contributed by atoms with van der Waals surface area (Å²) in [7, 11) is -3.75. The van der Waals surface area contributed by atoms with Crippen molar-refractivity contribution in [1.82, 2.24) is 4.72 Å². The number of halogens is 2. The molecule has 1 aromatic heterocycles. The van der Waals surface area contributed by atoms with E-state index >= 15 is 0 Å². The maximum Gasteiger partial charge on any atom is 0.340 e. The fourth-order valence-corrected chi connectivity index (χ4v) is 5.28. The Morgan fingerprint density at radius 2 is 1.65 bits per heavy atom. The van der Waals surface area contributed by atoms with Gasteiger partial charge in [-0.1, -0.05) is 31.9 Å². The number of hydrogen-bond acceptors (Lipinski definition) is 6. The van der Waals surface area contributed by atoms with E-state index in [1.165, 1.54) is 23.1 Å². The van der Waals surface area contributed by atoms with Crippen LogP contribution < -0.4 is 9.62 Å². The van der Waals surface area contributed by atoms with Crippen LogP contribution >= 0.6 is 31.9 Å². The Kier molecular flexibility index (Phi) is 8.17. The van der Waals surface area contributed by atoms with Gasteiger partial charge in [0.2, 0.25) is 10.0 Å². The molecule has 4 rings (SSSR count). The third-order valence-electron chi connectivity index (χ3n) is 5.49. The number of carbonyl (C=O) groups is 2. The van der Waals surface area contributed by atoms with Gasteiger partial charge in [0.05, 0.1) is 29.2 Å². The number of anilines is 1. The Morgan fingerprint density at radius 3 is 2.27 bits per heavy atom. The molecule has 0 bridgehead atoms. The van der Waals surface area contributed by atoms with Crippen molar-refractivity contribution >= 4 is 65.5 Å². The number of nitrogens with one attached hydrogen (secondary N) is 1. The van der Waals surface area contributed by atoms with Crippen molar-refractivity contribution in [2.45, 2.75) is 25.3 Å². The topological polar surface area (TPSA) is 106 Å². The summed E-state index contributed by atoms with van der Waals surface area (Å²) in [6.45, 7) is 3.42. The van der Waals surface area contributed by atoms with Gasteiger partial charge in [0.25, 0.3) is 5.91 Å². The first kappa shape index (κ1) is 27.1. The average molecular weight is 650 g/mol. The van der Waals surface area contributed by atoms with Crippen LogP contribution in [-0.4, -0.2) is 26.9 Å². The summed E-state index contributed by atoms with van der Waals surface area (Å²) in [6.07, 6.45) is 1.46. The van der Waals surface area contributed by atoms with Gasteiger partial charge in [-0.25, -0.2) is 17.9 Å². The molecule has 0 fully saturated rings. The molecule has 1 N–H and O–H groups in total. The largest absolute Gasteiger partial charge is 0.462 e. The molecule has 192 valence electrons. The number of carbonyl (C=O) groups excluding carboxylic acids is 2. The van der Waals surface area contributed by atoms with Gasteiger partial charge in [-0.05, 0) is 80.6 Å². The highest BCUT2D eigenvalue weighted by atomic mass is 79.9. The third-order valence-corrected chi connectivity index (χ3v) is 7.97. The van der Waals surface area contributed by atoms with E-state index in [-0.39, 0.29) is 35.0 Å². The summed E-state index contributed by atoms with van der Waals surface area (Å²) in [6, 6.07) is 16.6. The number of esters is 1. The number of nitrogens with zero attached hydrogens (tertiary/aromatic N) is 1. The van der Waals surface area contributed by atoms with Crippen molar-refractivity contribution in [3.8, 4) is 0 Å². The number of ether oxygens (including phenoxy) is 1. The fourth-order valence-electron chi connectivity index (χ4n) is 3.75. The zero-order valence-corrected chi connectivity index (χ0v) is 23.8. The van der Waals surface area contributed by atoms with Crippen molar-refractivity contribution in [2.24, 2.45) is 0 Å². The first-order valence-electron chi connectivity index (χ1n) is 11.1. The molecule has 0 aliphatic carbocycles. The molecular formula is C26H22Br2N2O6S. The van der Waals surface area contributed by atoms with Crippen molar-refractivity contribution in [3.63, 3.8) is 0 Å². The maximum absolute atomic E-state index is 13.4. The van der Waals surface area contributed by atoms with Crippen molar-refractivity contribution < 1.29 is 27.2 Å². The second kappa shape index (κ2) is 11.2. The van der Waals surface area contributed by atoms with Gasteiger partial charge in [-0.2, -0.15) is 0 Å². The maximum atomic E-state index is 13.4. The minimum atomic E-state index is -3.75. The molecule has 0 atom stereocenters. The van der Waals surface area contributed by atoms with E-state index in [4.69, 9.17) is 9.15 Å². The van der Waals surface area contributed by atoms with Crippen LogP contribution in [0.25, 0.3) is 6.08 Å². The summed E-state index contributed by atoms with van der Waals surface area (Å²) < 4.78 is 40.2. The van der Waals surface area contributed by atoms with Crippen LogP contribution in [0.2, 0.25) is 0 Å². The standard InChI is InChI=1S/C26H22Br2N2O6S/c1-3-35-26(32)24-16(2)30(19-8-4-17(27)5-9-19)25(31)23(24)14-20-10-11-21(36-20)15-29-37(33,34)22-12-6-18(28)7-13-22/h4-14,29H,3,15H2,1-2H3. The van der Waals surface area contributed by atoms with Crippen molar-refractivity contribution in [1.29, 1.82) is 0 Å². The van der Waals surface area contributed by atoms with Gasteiger partial charge in [-0.3, -0.25) is 9.69 Å².